The maximum atomic E-state index is 12.1. The lowest BCUT2D eigenvalue weighted by Crippen LogP contribution is -2.19. The van der Waals surface area contributed by atoms with Crippen molar-refractivity contribution in [1.29, 1.82) is 0 Å². The first-order valence-electron chi connectivity index (χ1n) is 5.62. The van der Waals surface area contributed by atoms with E-state index in [1.165, 1.54) is 12.1 Å². The Kier molecular flexibility index (Phi) is 4.56. The summed E-state index contributed by atoms with van der Waals surface area (Å²) in [5.41, 5.74) is 5.99. The lowest BCUT2D eigenvalue weighted by Gasteiger charge is -2.08. The first kappa shape index (κ1) is 15.0. The van der Waals surface area contributed by atoms with E-state index in [1.807, 2.05) is 0 Å². The van der Waals surface area contributed by atoms with Gasteiger partial charge in [-0.3, -0.25) is 4.79 Å². The van der Waals surface area contributed by atoms with E-state index in [4.69, 9.17) is 28.9 Å². The van der Waals surface area contributed by atoms with Crippen molar-refractivity contribution in [3.63, 3.8) is 0 Å². The van der Waals surface area contributed by atoms with E-state index < -0.39 is 11.9 Å². The van der Waals surface area contributed by atoms with Crippen LogP contribution in [-0.4, -0.2) is 22.1 Å². The van der Waals surface area contributed by atoms with Crippen molar-refractivity contribution < 1.29 is 9.59 Å². The second-order valence-electron chi connectivity index (χ2n) is 3.90. The van der Waals surface area contributed by atoms with Gasteiger partial charge in [0.2, 0.25) is 0 Å². The van der Waals surface area contributed by atoms with Crippen molar-refractivity contribution in [2.75, 3.05) is 10.6 Å². The summed E-state index contributed by atoms with van der Waals surface area (Å²) in [7, 11) is 0. The molecule has 0 saturated heterocycles. The highest BCUT2D eigenvalue weighted by Gasteiger charge is 2.13. The normalized spacial score (nSPS) is 10.0. The molecule has 7 nitrogen and oxygen atoms in total. The van der Waals surface area contributed by atoms with Crippen LogP contribution in [0.15, 0.2) is 30.3 Å². The molecule has 0 fully saturated rings. The number of nitrogens with one attached hydrogen (secondary N) is 2. The number of carbonyl (C=O) groups is 2. The number of hydrogen-bond acceptors (Lipinski definition) is 4. The second kappa shape index (κ2) is 6.38. The maximum absolute atomic E-state index is 12.1. The Morgan fingerprint density at radius 2 is 1.71 bits per heavy atom. The summed E-state index contributed by atoms with van der Waals surface area (Å²) in [6.07, 6.45) is 0. The number of urea groups is 1. The van der Waals surface area contributed by atoms with E-state index in [9.17, 15) is 9.59 Å². The third-order valence-corrected chi connectivity index (χ3v) is 2.82. The molecule has 0 unspecified atom stereocenters. The van der Waals surface area contributed by atoms with Crippen LogP contribution in [0.3, 0.4) is 0 Å². The number of halogens is 2. The number of benzene rings is 1. The van der Waals surface area contributed by atoms with E-state index in [2.05, 4.69) is 20.8 Å². The smallest absolute Gasteiger partial charge is 0.316 e. The number of carbonyl (C=O) groups excluding carboxylic acids is 2. The molecule has 0 aliphatic carbocycles. The number of anilines is 2. The van der Waals surface area contributed by atoms with E-state index in [0.29, 0.717) is 11.4 Å². The standard InChI is InChI=1S/C12H9Cl2N5O2/c13-9-5-8(10(14)19-18-9)11(20)16-6-2-1-3-7(4-6)17-12(15)21/h1-5H,(H,16,20)(H3,15,17,21). The quantitative estimate of drug-likeness (QED) is 0.805. The molecule has 0 bridgehead atoms. The first-order valence-corrected chi connectivity index (χ1v) is 6.38. The molecule has 0 aliphatic rings. The Morgan fingerprint density at radius 3 is 2.38 bits per heavy atom. The highest BCUT2D eigenvalue weighted by atomic mass is 35.5. The minimum Gasteiger partial charge on any atom is -0.351 e. The Morgan fingerprint density at radius 1 is 1.05 bits per heavy atom. The molecule has 0 radical (unpaired) electrons. The molecule has 3 amide bonds. The molecule has 0 saturated carbocycles. The number of hydrogen-bond donors (Lipinski definition) is 3. The number of nitrogens with zero attached hydrogens (tertiary/aromatic N) is 2. The molecule has 1 aromatic carbocycles. The van der Waals surface area contributed by atoms with Gasteiger partial charge in [0, 0.05) is 11.4 Å². The largest absolute Gasteiger partial charge is 0.351 e. The van der Waals surface area contributed by atoms with Crippen LogP contribution in [0, 0.1) is 0 Å². The molecule has 2 aromatic rings. The maximum Gasteiger partial charge on any atom is 0.316 e. The number of rotatable bonds is 3. The zero-order chi connectivity index (χ0) is 15.4. The average Bonchev–Trinajstić information content (AvgIpc) is 2.41. The van der Waals surface area contributed by atoms with Crippen molar-refractivity contribution in [3.05, 3.63) is 46.2 Å². The van der Waals surface area contributed by atoms with Crippen LogP contribution in [0.4, 0.5) is 16.2 Å². The van der Waals surface area contributed by atoms with E-state index in [-0.39, 0.29) is 15.9 Å². The summed E-state index contributed by atoms with van der Waals surface area (Å²) in [4.78, 5) is 22.9. The van der Waals surface area contributed by atoms with Crippen LogP contribution >= 0.6 is 23.2 Å². The highest BCUT2D eigenvalue weighted by molar-refractivity contribution is 6.34. The van der Waals surface area contributed by atoms with Gasteiger partial charge in [-0.15, -0.1) is 10.2 Å². The van der Waals surface area contributed by atoms with Crippen LogP contribution in [0.5, 0.6) is 0 Å². The van der Waals surface area contributed by atoms with Gasteiger partial charge in [0.1, 0.15) is 0 Å². The predicted octanol–water partition coefficient (Wildman–Crippen LogP) is 2.53. The summed E-state index contributed by atoms with van der Waals surface area (Å²) >= 11 is 11.5. The molecule has 1 aromatic heterocycles. The van der Waals surface area contributed by atoms with E-state index >= 15 is 0 Å². The molecule has 0 aliphatic heterocycles. The number of amides is 3. The minimum atomic E-state index is -0.702. The molecule has 4 N–H and O–H groups in total. The first-order chi connectivity index (χ1) is 9.95. The van der Waals surface area contributed by atoms with Gasteiger partial charge in [-0.2, -0.15) is 0 Å². The Hall–Kier alpha value is -2.38. The highest BCUT2D eigenvalue weighted by Crippen LogP contribution is 2.19. The van der Waals surface area contributed by atoms with Gasteiger partial charge in [-0.1, -0.05) is 29.3 Å². The zero-order valence-corrected chi connectivity index (χ0v) is 11.9. The fourth-order valence-corrected chi connectivity index (χ4v) is 1.85. The molecular formula is C12H9Cl2N5O2. The summed E-state index contributed by atoms with van der Waals surface area (Å²) < 4.78 is 0. The second-order valence-corrected chi connectivity index (χ2v) is 4.64. The molecular weight excluding hydrogens is 317 g/mol. The predicted molar refractivity (Wildman–Crippen MR) is 79.7 cm³/mol. The molecule has 21 heavy (non-hydrogen) atoms. The number of nitrogens with two attached hydrogens (primary N) is 1. The summed E-state index contributed by atoms with van der Waals surface area (Å²) in [6.45, 7) is 0. The van der Waals surface area contributed by atoms with Crippen molar-refractivity contribution in [3.8, 4) is 0 Å². The Labute approximate surface area is 129 Å². The number of aromatic nitrogens is 2. The van der Waals surface area contributed by atoms with Crippen molar-refractivity contribution in [1.82, 2.24) is 10.2 Å². The Bertz CT molecular complexity index is 708. The fraction of sp³-hybridized carbons (Fsp3) is 0. The van der Waals surface area contributed by atoms with E-state index in [0.717, 1.165) is 0 Å². The summed E-state index contributed by atoms with van der Waals surface area (Å²) in [6, 6.07) is 7.03. The summed E-state index contributed by atoms with van der Waals surface area (Å²) in [5.74, 6) is -0.506. The van der Waals surface area contributed by atoms with Crippen LogP contribution in [0.1, 0.15) is 10.4 Å². The number of primary amides is 1. The molecule has 0 atom stereocenters. The average molecular weight is 326 g/mol. The van der Waals surface area contributed by atoms with Crippen LogP contribution in [0.2, 0.25) is 10.3 Å². The van der Waals surface area contributed by atoms with E-state index in [1.54, 1.807) is 18.2 Å². The fourth-order valence-electron chi connectivity index (χ4n) is 1.53. The van der Waals surface area contributed by atoms with Crippen molar-refractivity contribution in [2.45, 2.75) is 0 Å². The van der Waals surface area contributed by atoms with Gasteiger partial charge in [-0.25, -0.2) is 4.79 Å². The zero-order valence-electron chi connectivity index (χ0n) is 10.4. The third-order valence-electron chi connectivity index (χ3n) is 2.35. The van der Waals surface area contributed by atoms with Gasteiger partial charge in [-0.05, 0) is 24.3 Å². The molecule has 2 rings (SSSR count). The van der Waals surface area contributed by atoms with Gasteiger partial charge in [0.15, 0.2) is 10.3 Å². The monoisotopic (exact) mass is 325 g/mol. The molecule has 9 heteroatoms. The lowest BCUT2D eigenvalue weighted by atomic mass is 10.2. The topological polar surface area (TPSA) is 110 Å². The van der Waals surface area contributed by atoms with Gasteiger partial charge in [0.05, 0.1) is 5.56 Å². The molecule has 0 spiro atoms. The van der Waals surface area contributed by atoms with Crippen molar-refractivity contribution >= 4 is 46.5 Å². The SMILES string of the molecule is NC(=O)Nc1cccc(NC(=O)c2cc(Cl)nnc2Cl)c1. The van der Waals surface area contributed by atoms with Crippen LogP contribution in [-0.2, 0) is 0 Å². The Balaban J connectivity index is 2.19. The summed E-state index contributed by atoms with van der Waals surface area (Å²) in [5, 5.41) is 12.0. The molecule has 108 valence electrons. The van der Waals surface area contributed by atoms with Crippen molar-refractivity contribution in [2.24, 2.45) is 5.73 Å². The van der Waals surface area contributed by atoms with Crippen LogP contribution in [0.25, 0.3) is 0 Å². The molecule has 1 heterocycles. The lowest BCUT2D eigenvalue weighted by molar-refractivity contribution is 0.102. The van der Waals surface area contributed by atoms with Crippen LogP contribution < -0.4 is 16.4 Å². The minimum absolute atomic E-state index is 0.0497. The van der Waals surface area contributed by atoms with Gasteiger partial charge < -0.3 is 16.4 Å². The third kappa shape index (κ3) is 4.04. The van der Waals surface area contributed by atoms with Gasteiger partial charge in [0.25, 0.3) is 5.91 Å². The van der Waals surface area contributed by atoms with Gasteiger partial charge >= 0.3 is 6.03 Å².